The maximum atomic E-state index is 12.5. The molecular formula is C10H9F3N3+. The first-order valence-electron chi connectivity index (χ1n) is 4.57. The minimum Gasteiger partial charge on any atom is -0.187 e. The van der Waals surface area contributed by atoms with Gasteiger partial charge in [0.1, 0.15) is 7.05 Å². The van der Waals surface area contributed by atoms with Gasteiger partial charge < -0.3 is 0 Å². The molecule has 2 rings (SSSR count). The lowest BCUT2D eigenvalue weighted by Gasteiger charge is -1.94. The van der Waals surface area contributed by atoms with Crippen LogP contribution in [0.3, 0.4) is 0 Å². The molecule has 0 bridgehead atoms. The first-order chi connectivity index (χ1) is 7.48. The molecule has 1 aromatic carbocycles. The van der Waals surface area contributed by atoms with Gasteiger partial charge in [-0.25, -0.2) is 0 Å². The second-order valence-electron chi connectivity index (χ2n) is 3.32. The van der Waals surface area contributed by atoms with Crippen LogP contribution in [-0.2, 0) is 13.2 Å². The topological polar surface area (TPSA) is 32.6 Å². The van der Waals surface area contributed by atoms with Crippen LogP contribution in [0.2, 0.25) is 0 Å². The van der Waals surface area contributed by atoms with Gasteiger partial charge in [0.25, 0.3) is 5.82 Å². The summed E-state index contributed by atoms with van der Waals surface area (Å²) in [5.41, 5.74) is 0.619. The maximum Gasteiger partial charge on any atom is 0.501 e. The van der Waals surface area contributed by atoms with Gasteiger partial charge in [0, 0.05) is 5.56 Å². The number of aryl methyl sites for hydroxylation is 1. The van der Waals surface area contributed by atoms with Gasteiger partial charge in [-0.15, -0.1) is 0 Å². The summed E-state index contributed by atoms with van der Waals surface area (Å²) in [6.45, 7) is 0. The van der Waals surface area contributed by atoms with E-state index >= 15 is 0 Å². The van der Waals surface area contributed by atoms with Crippen LogP contribution >= 0.6 is 0 Å². The molecule has 0 aliphatic carbocycles. The molecule has 0 unspecified atom stereocenters. The van der Waals surface area contributed by atoms with Crippen molar-refractivity contribution >= 4 is 0 Å². The van der Waals surface area contributed by atoms with Crippen LogP contribution in [0.5, 0.6) is 0 Å². The Morgan fingerprint density at radius 1 is 1.19 bits per heavy atom. The highest BCUT2D eigenvalue weighted by atomic mass is 19.4. The third-order valence-electron chi connectivity index (χ3n) is 2.11. The summed E-state index contributed by atoms with van der Waals surface area (Å²) in [6.07, 6.45) is -4.45. The van der Waals surface area contributed by atoms with Crippen molar-refractivity contribution in [1.29, 1.82) is 0 Å². The van der Waals surface area contributed by atoms with Gasteiger partial charge in [0.05, 0.1) is 0 Å². The normalized spacial score (nSPS) is 11.8. The zero-order valence-electron chi connectivity index (χ0n) is 8.42. The summed E-state index contributed by atoms with van der Waals surface area (Å²) in [7, 11) is 1.28. The number of aromatic nitrogens is 3. The van der Waals surface area contributed by atoms with Crippen molar-refractivity contribution in [3.63, 3.8) is 0 Å². The second-order valence-corrected chi connectivity index (χ2v) is 3.32. The number of hydrogen-bond donors (Lipinski definition) is 1. The number of nitrogens with one attached hydrogen (secondary N) is 1. The summed E-state index contributed by atoms with van der Waals surface area (Å²) in [5, 5.41) is 2.55. The number of benzene rings is 1. The van der Waals surface area contributed by atoms with Crippen LogP contribution in [0.15, 0.2) is 30.3 Å². The van der Waals surface area contributed by atoms with Crippen molar-refractivity contribution in [1.82, 2.24) is 10.1 Å². The van der Waals surface area contributed by atoms with E-state index in [-0.39, 0.29) is 5.82 Å². The van der Waals surface area contributed by atoms with Crippen molar-refractivity contribution in [2.24, 2.45) is 7.05 Å². The fourth-order valence-electron chi connectivity index (χ4n) is 1.40. The number of aromatic amines is 1. The monoisotopic (exact) mass is 228 g/mol. The van der Waals surface area contributed by atoms with E-state index in [1.807, 2.05) is 0 Å². The molecule has 0 aliphatic rings. The Bertz CT molecular complexity index is 488. The highest BCUT2D eigenvalue weighted by Crippen LogP contribution is 2.26. The smallest absolute Gasteiger partial charge is 0.187 e. The Kier molecular flexibility index (Phi) is 2.41. The first-order valence-corrected chi connectivity index (χ1v) is 4.57. The Hall–Kier alpha value is -1.85. The van der Waals surface area contributed by atoms with E-state index in [2.05, 4.69) is 10.1 Å². The molecular weight excluding hydrogens is 219 g/mol. The molecule has 84 valence electrons. The molecule has 0 fully saturated rings. The molecule has 1 aromatic heterocycles. The van der Waals surface area contributed by atoms with Gasteiger partial charge in [-0.1, -0.05) is 18.2 Å². The van der Waals surface area contributed by atoms with Crippen LogP contribution in [-0.4, -0.2) is 10.1 Å². The summed E-state index contributed by atoms with van der Waals surface area (Å²) < 4.78 is 38.3. The summed E-state index contributed by atoms with van der Waals surface area (Å²) in [5.74, 6) is -0.734. The SMILES string of the molecule is C[n+]1[nH]c(-c2ccccc2)nc1C(F)(F)F. The predicted molar refractivity (Wildman–Crippen MR) is 50.2 cm³/mol. The van der Waals surface area contributed by atoms with Gasteiger partial charge in [0.15, 0.2) is 0 Å². The van der Waals surface area contributed by atoms with Crippen molar-refractivity contribution in [2.45, 2.75) is 6.18 Å². The van der Waals surface area contributed by atoms with Gasteiger partial charge in [-0.05, 0) is 17.1 Å². The van der Waals surface area contributed by atoms with Crippen molar-refractivity contribution in [3.8, 4) is 11.4 Å². The minimum absolute atomic E-state index is 0.204. The molecule has 6 heteroatoms. The lowest BCUT2D eigenvalue weighted by atomic mass is 10.2. The zero-order chi connectivity index (χ0) is 11.8. The standard InChI is InChI=1S/C10H8F3N3/c1-16-9(10(11,12)13)14-8(15-16)7-5-3-2-4-6-7/h2-6H,1H3/p+1. The Morgan fingerprint density at radius 3 is 2.31 bits per heavy atom. The second kappa shape index (κ2) is 3.62. The first kappa shape index (κ1) is 10.7. The molecule has 0 saturated carbocycles. The van der Waals surface area contributed by atoms with E-state index < -0.39 is 12.0 Å². The van der Waals surface area contributed by atoms with Crippen LogP contribution in [0.4, 0.5) is 13.2 Å². The molecule has 0 atom stereocenters. The number of H-pyrrole nitrogens is 1. The van der Waals surface area contributed by atoms with E-state index in [1.54, 1.807) is 30.3 Å². The van der Waals surface area contributed by atoms with Crippen LogP contribution in [0.1, 0.15) is 5.82 Å². The molecule has 1 heterocycles. The molecule has 1 N–H and O–H groups in total. The van der Waals surface area contributed by atoms with E-state index in [9.17, 15) is 13.2 Å². The van der Waals surface area contributed by atoms with Crippen LogP contribution in [0, 0.1) is 0 Å². The summed E-state index contributed by atoms with van der Waals surface area (Å²) in [4.78, 5) is 3.53. The molecule has 0 aliphatic heterocycles. The van der Waals surface area contributed by atoms with Crippen LogP contribution < -0.4 is 4.68 Å². The molecule has 0 amide bonds. The highest BCUT2D eigenvalue weighted by Gasteiger charge is 2.45. The summed E-state index contributed by atoms with van der Waals surface area (Å²) in [6, 6.07) is 8.66. The van der Waals surface area contributed by atoms with Gasteiger partial charge >= 0.3 is 12.0 Å². The average Bonchev–Trinajstić information content (AvgIpc) is 2.61. The molecule has 0 saturated heterocycles. The van der Waals surface area contributed by atoms with Crippen molar-refractivity contribution in [2.75, 3.05) is 0 Å². The average molecular weight is 228 g/mol. The highest BCUT2D eigenvalue weighted by molar-refractivity contribution is 5.53. The number of rotatable bonds is 1. The molecule has 2 aromatic rings. The quantitative estimate of drug-likeness (QED) is 0.743. The fraction of sp³-hybridized carbons (Fsp3) is 0.200. The number of alkyl halides is 3. The van der Waals surface area contributed by atoms with E-state index in [0.29, 0.717) is 5.56 Å². The van der Waals surface area contributed by atoms with E-state index in [1.165, 1.54) is 7.05 Å². The molecule has 0 radical (unpaired) electrons. The Balaban J connectivity index is 2.47. The lowest BCUT2D eigenvalue weighted by molar-refractivity contribution is -0.744. The van der Waals surface area contributed by atoms with Gasteiger partial charge in [-0.2, -0.15) is 23.0 Å². The van der Waals surface area contributed by atoms with Crippen molar-refractivity contribution < 1.29 is 17.9 Å². The molecule has 0 spiro atoms. The number of halogens is 3. The number of nitrogens with zero attached hydrogens (tertiary/aromatic N) is 2. The largest absolute Gasteiger partial charge is 0.501 e. The zero-order valence-corrected chi connectivity index (χ0v) is 8.42. The summed E-state index contributed by atoms with van der Waals surface area (Å²) >= 11 is 0. The number of hydrogen-bond acceptors (Lipinski definition) is 1. The van der Waals surface area contributed by atoms with E-state index in [4.69, 9.17) is 0 Å². The van der Waals surface area contributed by atoms with Crippen molar-refractivity contribution in [3.05, 3.63) is 36.2 Å². The van der Waals surface area contributed by atoms with Crippen LogP contribution in [0.25, 0.3) is 11.4 Å². The predicted octanol–water partition coefficient (Wildman–Crippen LogP) is 1.92. The molecule has 16 heavy (non-hydrogen) atoms. The Labute approximate surface area is 89.5 Å². The maximum absolute atomic E-state index is 12.5. The van der Waals surface area contributed by atoms with Gasteiger partial charge in [-0.3, -0.25) is 0 Å². The third kappa shape index (κ3) is 1.91. The Morgan fingerprint density at radius 2 is 1.81 bits per heavy atom. The van der Waals surface area contributed by atoms with E-state index in [0.717, 1.165) is 4.68 Å². The molecule has 3 nitrogen and oxygen atoms in total. The minimum atomic E-state index is -4.45. The lowest BCUT2D eigenvalue weighted by Crippen LogP contribution is -2.38. The third-order valence-corrected chi connectivity index (χ3v) is 2.11. The van der Waals surface area contributed by atoms with Gasteiger partial charge in [0.2, 0.25) is 0 Å². The fourth-order valence-corrected chi connectivity index (χ4v) is 1.40.